The van der Waals surface area contributed by atoms with Gasteiger partial charge in [0.25, 0.3) is 0 Å². The maximum absolute atomic E-state index is 14.8. The Bertz CT molecular complexity index is 1070. The third kappa shape index (κ3) is 3.64. The molecule has 0 bridgehead atoms. The topological polar surface area (TPSA) is 84.6 Å². The molecule has 30 heavy (non-hydrogen) atoms. The Labute approximate surface area is 168 Å². The zero-order chi connectivity index (χ0) is 21.5. The van der Waals surface area contributed by atoms with Crippen LogP contribution in [-0.2, 0) is 23.0 Å². The van der Waals surface area contributed by atoms with E-state index in [0.717, 1.165) is 5.56 Å². The van der Waals surface area contributed by atoms with Crippen LogP contribution in [0.2, 0.25) is 0 Å². The van der Waals surface area contributed by atoms with E-state index >= 15 is 0 Å². The van der Waals surface area contributed by atoms with Gasteiger partial charge in [0.1, 0.15) is 11.9 Å². The molecule has 0 spiro atoms. The number of aromatic nitrogens is 4. The number of alkyl halides is 3. The number of fused-ring (bicyclic) bond motifs is 1. The summed E-state index contributed by atoms with van der Waals surface area (Å²) >= 11 is 0. The lowest BCUT2D eigenvalue weighted by Gasteiger charge is -2.41. The predicted molar refractivity (Wildman–Crippen MR) is 96.9 cm³/mol. The first kappa shape index (κ1) is 20.6. The summed E-state index contributed by atoms with van der Waals surface area (Å²) in [5.74, 6) is -1.15. The molecule has 4 rings (SSSR count). The smallest absolute Gasteiger partial charge is 0.388 e. The molecule has 1 saturated heterocycles. The number of ether oxygens (including phenoxy) is 1. The van der Waals surface area contributed by atoms with E-state index in [1.807, 2.05) is 6.92 Å². The van der Waals surface area contributed by atoms with Crippen LogP contribution < -0.4 is 5.32 Å². The first-order chi connectivity index (χ1) is 14.2. The molecule has 0 radical (unpaired) electrons. The van der Waals surface area contributed by atoms with Crippen LogP contribution in [0.5, 0.6) is 0 Å². The summed E-state index contributed by atoms with van der Waals surface area (Å²) < 4.78 is 60.4. The number of aliphatic hydroxyl groups excluding tert-OH is 1. The highest BCUT2D eigenvalue weighted by Gasteiger charge is 2.46. The molecule has 4 heterocycles. The van der Waals surface area contributed by atoms with Gasteiger partial charge in [0.05, 0.1) is 29.6 Å². The Morgan fingerprint density at radius 3 is 2.80 bits per heavy atom. The number of hydrogen-bond donors (Lipinski definition) is 2. The van der Waals surface area contributed by atoms with Crippen molar-refractivity contribution in [2.24, 2.45) is 0 Å². The van der Waals surface area contributed by atoms with E-state index in [-0.39, 0.29) is 31.9 Å². The minimum Gasteiger partial charge on any atom is -0.388 e. The highest BCUT2D eigenvalue weighted by Crippen LogP contribution is 2.36. The standard InChI is InChI=1S/C19H19F4N5O2/c1-11-5-25-17-12(7-27-28(17)9-11)6-26-18(2-3-30-10-15(18)29)16-14(20)4-13(8-24-16)19(21,22)23/h4-5,7-9,15,26,29H,2-3,6,10H2,1H3. The fourth-order valence-electron chi connectivity index (χ4n) is 3.62. The van der Waals surface area contributed by atoms with Crippen LogP contribution in [-0.4, -0.2) is 44.0 Å². The summed E-state index contributed by atoms with van der Waals surface area (Å²) in [5, 5.41) is 18.0. The number of aliphatic hydroxyl groups is 1. The van der Waals surface area contributed by atoms with Crippen LogP contribution in [0.1, 0.15) is 28.8 Å². The van der Waals surface area contributed by atoms with Gasteiger partial charge in [-0.25, -0.2) is 13.9 Å². The first-order valence-corrected chi connectivity index (χ1v) is 9.23. The van der Waals surface area contributed by atoms with E-state index in [0.29, 0.717) is 23.5 Å². The van der Waals surface area contributed by atoms with Crippen molar-refractivity contribution < 1.29 is 27.4 Å². The average Bonchev–Trinajstić information content (AvgIpc) is 3.09. The molecule has 160 valence electrons. The van der Waals surface area contributed by atoms with Crippen molar-refractivity contribution in [2.75, 3.05) is 13.2 Å². The average molecular weight is 425 g/mol. The van der Waals surface area contributed by atoms with E-state index in [1.165, 1.54) is 0 Å². The molecule has 7 nitrogen and oxygen atoms in total. The molecular weight excluding hydrogens is 406 g/mol. The van der Waals surface area contributed by atoms with Gasteiger partial charge in [-0.3, -0.25) is 10.3 Å². The zero-order valence-electron chi connectivity index (χ0n) is 15.9. The van der Waals surface area contributed by atoms with Crippen molar-refractivity contribution in [3.63, 3.8) is 0 Å². The first-order valence-electron chi connectivity index (χ1n) is 9.23. The number of rotatable bonds is 4. The molecule has 0 aromatic carbocycles. The van der Waals surface area contributed by atoms with Crippen LogP contribution in [0.15, 0.2) is 30.9 Å². The molecule has 2 unspecified atom stereocenters. The molecule has 1 aliphatic heterocycles. The van der Waals surface area contributed by atoms with Crippen LogP contribution in [0.3, 0.4) is 0 Å². The van der Waals surface area contributed by atoms with E-state index in [2.05, 4.69) is 20.4 Å². The maximum Gasteiger partial charge on any atom is 0.417 e. The van der Waals surface area contributed by atoms with Gasteiger partial charge in [0.2, 0.25) is 0 Å². The third-order valence-electron chi connectivity index (χ3n) is 5.23. The Hall–Kier alpha value is -2.63. The number of hydrogen-bond acceptors (Lipinski definition) is 6. The molecular formula is C19H19F4N5O2. The lowest BCUT2D eigenvalue weighted by Crippen LogP contribution is -2.57. The number of pyridine rings is 1. The SMILES string of the molecule is Cc1cnc2c(CNC3(c4ncc(C(F)(F)F)cc4F)CCOCC3O)cnn2c1. The van der Waals surface area contributed by atoms with Gasteiger partial charge in [-0.1, -0.05) is 0 Å². The van der Waals surface area contributed by atoms with E-state index < -0.39 is 29.2 Å². The molecule has 3 aromatic rings. The van der Waals surface area contributed by atoms with Crippen LogP contribution >= 0.6 is 0 Å². The summed E-state index contributed by atoms with van der Waals surface area (Å²) in [6.07, 6.45) is -0.188. The molecule has 0 amide bonds. The van der Waals surface area contributed by atoms with Gasteiger partial charge in [-0.05, 0) is 25.0 Å². The fraction of sp³-hybridized carbons (Fsp3) is 0.421. The number of nitrogens with zero attached hydrogens (tertiary/aromatic N) is 4. The van der Waals surface area contributed by atoms with E-state index in [9.17, 15) is 22.7 Å². The van der Waals surface area contributed by atoms with Crippen molar-refractivity contribution >= 4 is 5.65 Å². The van der Waals surface area contributed by atoms with Crippen molar-refractivity contribution in [2.45, 2.75) is 37.7 Å². The van der Waals surface area contributed by atoms with E-state index in [4.69, 9.17) is 4.74 Å². The second-order valence-corrected chi connectivity index (χ2v) is 7.29. The van der Waals surface area contributed by atoms with Crippen molar-refractivity contribution in [1.29, 1.82) is 0 Å². The molecule has 1 fully saturated rings. The summed E-state index contributed by atoms with van der Waals surface area (Å²) in [6.45, 7) is 2.08. The lowest BCUT2D eigenvalue weighted by atomic mass is 9.82. The Balaban J connectivity index is 1.69. The largest absolute Gasteiger partial charge is 0.417 e. The summed E-state index contributed by atoms with van der Waals surface area (Å²) in [7, 11) is 0. The minimum absolute atomic E-state index is 0.110. The Morgan fingerprint density at radius 2 is 2.10 bits per heavy atom. The van der Waals surface area contributed by atoms with Crippen LogP contribution in [0.25, 0.3) is 5.65 Å². The number of halogens is 4. The Morgan fingerprint density at radius 1 is 1.30 bits per heavy atom. The zero-order valence-corrected chi connectivity index (χ0v) is 15.9. The summed E-state index contributed by atoms with van der Waals surface area (Å²) in [4.78, 5) is 8.09. The highest BCUT2D eigenvalue weighted by atomic mass is 19.4. The molecule has 2 atom stereocenters. The highest BCUT2D eigenvalue weighted by molar-refractivity contribution is 5.46. The van der Waals surface area contributed by atoms with Gasteiger partial charge >= 0.3 is 6.18 Å². The molecule has 1 aliphatic rings. The van der Waals surface area contributed by atoms with Gasteiger partial charge in [0.15, 0.2) is 5.65 Å². The third-order valence-corrected chi connectivity index (χ3v) is 5.23. The maximum atomic E-state index is 14.8. The van der Waals surface area contributed by atoms with Crippen LogP contribution in [0.4, 0.5) is 17.6 Å². The molecule has 3 aromatic heterocycles. The summed E-state index contributed by atoms with van der Waals surface area (Å²) in [6, 6.07) is 0.396. The number of aryl methyl sites for hydroxylation is 1. The molecule has 0 saturated carbocycles. The predicted octanol–water partition coefficient (Wildman–Crippen LogP) is 2.36. The second kappa shape index (κ2) is 7.56. The molecule has 2 N–H and O–H groups in total. The van der Waals surface area contributed by atoms with Gasteiger partial charge in [-0.15, -0.1) is 0 Å². The lowest BCUT2D eigenvalue weighted by molar-refractivity contribution is -0.138. The van der Waals surface area contributed by atoms with Crippen molar-refractivity contribution in [3.05, 3.63) is 59.1 Å². The van der Waals surface area contributed by atoms with Gasteiger partial charge < -0.3 is 9.84 Å². The van der Waals surface area contributed by atoms with Gasteiger partial charge in [-0.2, -0.15) is 18.3 Å². The van der Waals surface area contributed by atoms with Crippen molar-refractivity contribution in [1.82, 2.24) is 24.9 Å². The fourth-order valence-corrected chi connectivity index (χ4v) is 3.62. The van der Waals surface area contributed by atoms with Crippen LogP contribution in [0, 0.1) is 12.7 Å². The summed E-state index contributed by atoms with van der Waals surface area (Å²) in [5.41, 5.74) is -0.733. The second-order valence-electron chi connectivity index (χ2n) is 7.29. The molecule has 11 heteroatoms. The quantitative estimate of drug-likeness (QED) is 0.625. The monoisotopic (exact) mass is 425 g/mol. The number of nitrogens with one attached hydrogen (secondary N) is 1. The normalized spacial score (nSPS) is 22.5. The Kier molecular flexibility index (Phi) is 5.20. The van der Waals surface area contributed by atoms with Crippen molar-refractivity contribution in [3.8, 4) is 0 Å². The molecule has 0 aliphatic carbocycles. The van der Waals surface area contributed by atoms with Gasteiger partial charge in [0, 0.05) is 37.3 Å². The minimum atomic E-state index is -4.72. The van der Waals surface area contributed by atoms with E-state index in [1.54, 1.807) is 23.1 Å².